The van der Waals surface area contributed by atoms with Crippen molar-refractivity contribution in [3.05, 3.63) is 35.8 Å². The van der Waals surface area contributed by atoms with Gasteiger partial charge in [-0.1, -0.05) is 11.6 Å². The van der Waals surface area contributed by atoms with Crippen LogP contribution in [0.4, 0.5) is 0 Å². The average molecular weight is 290 g/mol. The van der Waals surface area contributed by atoms with Crippen molar-refractivity contribution in [1.29, 1.82) is 0 Å². The Labute approximate surface area is 124 Å². The van der Waals surface area contributed by atoms with E-state index in [1.54, 1.807) is 12.1 Å². The van der Waals surface area contributed by atoms with Gasteiger partial charge in [0.1, 0.15) is 0 Å². The van der Waals surface area contributed by atoms with Gasteiger partial charge in [0.15, 0.2) is 5.76 Å². The van der Waals surface area contributed by atoms with Crippen LogP contribution in [0.3, 0.4) is 0 Å². The molecule has 5 heteroatoms. The third kappa shape index (κ3) is 5.45. The number of rotatable bonds is 7. The van der Waals surface area contributed by atoms with Gasteiger partial charge in [0, 0.05) is 19.5 Å². The van der Waals surface area contributed by atoms with Gasteiger partial charge in [-0.2, -0.15) is 0 Å². The quantitative estimate of drug-likeness (QED) is 0.757. The number of hydrogen-bond acceptors (Lipinski definition) is 3. The van der Waals surface area contributed by atoms with Crippen molar-refractivity contribution in [3.63, 3.8) is 0 Å². The number of carbonyl (C=O) groups is 2. The van der Waals surface area contributed by atoms with Crippen molar-refractivity contribution in [2.75, 3.05) is 13.1 Å². The second-order valence-electron chi connectivity index (χ2n) is 5.19. The van der Waals surface area contributed by atoms with Gasteiger partial charge in [-0.15, -0.1) is 0 Å². The molecular formula is C16H22N2O3. The van der Waals surface area contributed by atoms with Crippen LogP contribution in [-0.2, 0) is 4.79 Å². The zero-order valence-electron chi connectivity index (χ0n) is 12.2. The summed E-state index contributed by atoms with van der Waals surface area (Å²) in [6.07, 6.45) is 9.83. The molecule has 0 fully saturated rings. The molecule has 1 aromatic heterocycles. The lowest BCUT2D eigenvalue weighted by Gasteiger charge is -2.13. The topological polar surface area (TPSA) is 71.3 Å². The molecule has 0 saturated carbocycles. The fourth-order valence-electron chi connectivity index (χ4n) is 2.37. The lowest BCUT2D eigenvalue weighted by Crippen LogP contribution is -2.31. The van der Waals surface area contributed by atoms with Crippen molar-refractivity contribution in [3.8, 4) is 0 Å². The molecule has 0 radical (unpaired) electrons. The summed E-state index contributed by atoms with van der Waals surface area (Å²) >= 11 is 0. The highest BCUT2D eigenvalue weighted by Crippen LogP contribution is 2.19. The maximum Gasteiger partial charge on any atom is 0.286 e. The van der Waals surface area contributed by atoms with Gasteiger partial charge < -0.3 is 15.1 Å². The molecule has 1 aliphatic carbocycles. The monoisotopic (exact) mass is 290 g/mol. The van der Waals surface area contributed by atoms with E-state index < -0.39 is 0 Å². The Balaban J connectivity index is 1.55. The van der Waals surface area contributed by atoms with Gasteiger partial charge in [0.05, 0.1) is 6.26 Å². The van der Waals surface area contributed by atoms with E-state index in [-0.39, 0.29) is 24.0 Å². The van der Waals surface area contributed by atoms with Gasteiger partial charge in [-0.3, -0.25) is 9.59 Å². The number of nitrogens with one attached hydrogen (secondary N) is 2. The van der Waals surface area contributed by atoms with Gasteiger partial charge >= 0.3 is 0 Å². The minimum Gasteiger partial charge on any atom is -0.459 e. The summed E-state index contributed by atoms with van der Waals surface area (Å²) in [4.78, 5) is 23.2. The Morgan fingerprint density at radius 1 is 1.19 bits per heavy atom. The second-order valence-corrected chi connectivity index (χ2v) is 5.19. The molecule has 2 N–H and O–H groups in total. The molecule has 114 valence electrons. The van der Waals surface area contributed by atoms with E-state index in [1.807, 2.05) is 0 Å². The largest absolute Gasteiger partial charge is 0.459 e. The lowest BCUT2D eigenvalue weighted by molar-refractivity contribution is -0.120. The predicted octanol–water partition coefficient (Wildman–Crippen LogP) is 2.41. The van der Waals surface area contributed by atoms with E-state index in [0.29, 0.717) is 13.1 Å². The normalized spacial score (nSPS) is 14.4. The molecule has 1 aliphatic rings. The fraction of sp³-hybridized carbons (Fsp3) is 0.500. The van der Waals surface area contributed by atoms with Crippen LogP contribution in [0.25, 0.3) is 0 Å². The third-order valence-electron chi connectivity index (χ3n) is 3.54. The molecule has 0 aromatic carbocycles. The van der Waals surface area contributed by atoms with E-state index in [9.17, 15) is 9.59 Å². The molecule has 0 aliphatic heterocycles. The van der Waals surface area contributed by atoms with E-state index in [0.717, 1.165) is 12.8 Å². The van der Waals surface area contributed by atoms with Crippen LogP contribution in [0.15, 0.2) is 34.5 Å². The number of carbonyl (C=O) groups excluding carboxylic acids is 2. The Morgan fingerprint density at radius 2 is 2.10 bits per heavy atom. The molecule has 0 unspecified atom stereocenters. The summed E-state index contributed by atoms with van der Waals surface area (Å²) in [5.41, 5.74) is 1.45. The van der Waals surface area contributed by atoms with Gasteiger partial charge in [-0.05, 0) is 44.2 Å². The molecule has 0 bridgehead atoms. The standard InChI is InChI=1S/C16H22N2O3/c19-15(17-10-8-13-5-2-1-3-6-13)9-11-18-16(20)14-7-4-12-21-14/h4-5,7,12H,1-3,6,8-11H2,(H,17,19)(H,18,20). The van der Waals surface area contributed by atoms with Crippen LogP contribution >= 0.6 is 0 Å². The first-order valence-electron chi connectivity index (χ1n) is 7.52. The van der Waals surface area contributed by atoms with Gasteiger partial charge in [-0.25, -0.2) is 0 Å². The first-order valence-corrected chi connectivity index (χ1v) is 7.52. The zero-order valence-corrected chi connectivity index (χ0v) is 12.2. The molecular weight excluding hydrogens is 268 g/mol. The lowest BCUT2D eigenvalue weighted by atomic mass is 9.97. The molecule has 21 heavy (non-hydrogen) atoms. The molecule has 0 atom stereocenters. The van der Waals surface area contributed by atoms with Gasteiger partial charge in [0.25, 0.3) is 5.91 Å². The summed E-state index contributed by atoms with van der Waals surface area (Å²) < 4.78 is 4.97. The summed E-state index contributed by atoms with van der Waals surface area (Å²) in [5, 5.41) is 5.53. The van der Waals surface area contributed by atoms with Crippen molar-refractivity contribution in [2.45, 2.75) is 38.5 Å². The van der Waals surface area contributed by atoms with Crippen molar-refractivity contribution in [1.82, 2.24) is 10.6 Å². The smallest absolute Gasteiger partial charge is 0.286 e. The minimum atomic E-state index is -0.292. The molecule has 0 spiro atoms. The van der Waals surface area contributed by atoms with Crippen LogP contribution in [0.5, 0.6) is 0 Å². The highest BCUT2D eigenvalue weighted by atomic mass is 16.3. The molecule has 1 heterocycles. The van der Waals surface area contributed by atoms with Crippen molar-refractivity contribution in [2.24, 2.45) is 0 Å². The second kappa shape index (κ2) is 8.29. The first-order chi connectivity index (χ1) is 10.3. The number of furan rings is 1. The van der Waals surface area contributed by atoms with Crippen LogP contribution in [0.1, 0.15) is 49.1 Å². The summed E-state index contributed by atoms with van der Waals surface area (Å²) in [5.74, 6) is -0.0639. The zero-order chi connectivity index (χ0) is 14.9. The highest BCUT2D eigenvalue weighted by Gasteiger charge is 2.09. The van der Waals surface area contributed by atoms with Crippen LogP contribution in [-0.4, -0.2) is 24.9 Å². The third-order valence-corrected chi connectivity index (χ3v) is 3.54. The molecule has 1 aromatic rings. The molecule has 0 saturated heterocycles. The number of amides is 2. The van der Waals surface area contributed by atoms with Gasteiger partial charge in [0.2, 0.25) is 5.91 Å². The SMILES string of the molecule is O=C(CCNC(=O)c1ccco1)NCCC1=CCCCC1. The van der Waals surface area contributed by atoms with Crippen LogP contribution in [0, 0.1) is 0 Å². The van der Waals surface area contributed by atoms with Crippen molar-refractivity contribution >= 4 is 11.8 Å². The first kappa shape index (κ1) is 15.4. The van der Waals surface area contributed by atoms with E-state index in [4.69, 9.17) is 4.42 Å². The Bertz CT molecular complexity index is 492. The Morgan fingerprint density at radius 3 is 2.81 bits per heavy atom. The minimum absolute atomic E-state index is 0.0360. The van der Waals surface area contributed by atoms with E-state index in [1.165, 1.54) is 31.1 Å². The maximum atomic E-state index is 11.6. The Hall–Kier alpha value is -2.04. The fourth-order valence-corrected chi connectivity index (χ4v) is 2.37. The van der Waals surface area contributed by atoms with E-state index >= 15 is 0 Å². The van der Waals surface area contributed by atoms with Crippen LogP contribution < -0.4 is 10.6 Å². The average Bonchev–Trinajstić information content (AvgIpc) is 3.02. The molecule has 5 nitrogen and oxygen atoms in total. The Kier molecular flexibility index (Phi) is 6.06. The molecule has 2 amide bonds. The van der Waals surface area contributed by atoms with Crippen LogP contribution in [0.2, 0.25) is 0 Å². The summed E-state index contributed by atoms with van der Waals surface area (Å²) in [6.45, 7) is 0.991. The van der Waals surface area contributed by atoms with Crippen molar-refractivity contribution < 1.29 is 14.0 Å². The predicted molar refractivity (Wildman–Crippen MR) is 79.8 cm³/mol. The number of hydrogen-bond donors (Lipinski definition) is 2. The summed E-state index contributed by atoms with van der Waals surface area (Å²) in [7, 11) is 0. The van der Waals surface area contributed by atoms with E-state index in [2.05, 4.69) is 16.7 Å². The maximum absolute atomic E-state index is 11.6. The summed E-state index contributed by atoms with van der Waals surface area (Å²) in [6, 6.07) is 3.24. The molecule has 2 rings (SSSR count). The highest BCUT2D eigenvalue weighted by molar-refractivity contribution is 5.91. The number of allylic oxidation sites excluding steroid dienone is 1.